The molecule has 0 bridgehead atoms. The fourth-order valence-corrected chi connectivity index (χ4v) is 1.49. The summed E-state index contributed by atoms with van der Waals surface area (Å²) in [7, 11) is 0. The van der Waals surface area contributed by atoms with Crippen LogP contribution in [0.3, 0.4) is 0 Å². The highest BCUT2D eigenvalue weighted by Gasteiger charge is 2.26. The fourth-order valence-electron chi connectivity index (χ4n) is 1.49. The first-order chi connectivity index (χ1) is 5.25. The molecule has 2 unspecified atom stereocenters. The molecule has 1 saturated heterocycles. The lowest BCUT2D eigenvalue weighted by Gasteiger charge is -2.27. The number of hydroxylamine groups is 1. The van der Waals surface area contributed by atoms with Gasteiger partial charge in [0.15, 0.2) is 0 Å². The monoisotopic (exact) mass is 158 g/mol. The molecule has 1 aliphatic heterocycles. The van der Waals surface area contributed by atoms with E-state index in [1.807, 2.05) is 6.92 Å². The van der Waals surface area contributed by atoms with Gasteiger partial charge in [0.25, 0.3) is 0 Å². The highest BCUT2D eigenvalue weighted by Crippen LogP contribution is 2.17. The van der Waals surface area contributed by atoms with E-state index in [4.69, 9.17) is 5.21 Å². The van der Waals surface area contributed by atoms with E-state index in [9.17, 15) is 4.79 Å². The minimum atomic E-state index is -0.251. The van der Waals surface area contributed by atoms with Gasteiger partial charge in [-0.15, -0.1) is 0 Å². The summed E-state index contributed by atoms with van der Waals surface area (Å²) in [5.41, 5.74) is 1.70. The van der Waals surface area contributed by atoms with Gasteiger partial charge in [0, 0.05) is 5.92 Å². The van der Waals surface area contributed by atoms with Crippen LogP contribution in [0.1, 0.15) is 13.3 Å². The Hall–Kier alpha value is -0.610. The van der Waals surface area contributed by atoms with Crippen molar-refractivity contribution in [1.82, 2.24) is 10.8 Å². The lowest BCUT2D eigenvalue weighted by Crippen LogP contribution is -2.42. The van der Waals surface area contributed by atoms with Crippen LogP contribution in [0.5, 0.6) is 0 Å². The largest absolute Gasteiger partial charge is 0.316 e. The van der Waals surface area contributed by atoms with Gasteiger partial charge in [0.2, 0.25) is 5.91 Å². The lowest BCUT2D eigenvalue weighted by atomic mass is 9.87. The summed E-state index contributed by atoms with van der Waals surface area (Å²) >= 11 is 0. The van der Waals surface area contributed by atoms with Crippen LogP contribution in [0.2, 0.25) is 0 Å². The van der Waals surface area contributed by atoms with Gasteiger partial charge < -0.3 is 5.32 Å². The zero-order chi connectivity index (χ0) is 8.27. The Labute approximate surface area is 65.9 Å². The molecule has 0 radical (unpaired) electrons. The Morgan fingerprint density at radius 1 is 1.73 bits per heavy atom. The van der Waals surface area contributed by atoms with Crippen molar-refractivity contribution in [2.45, 2.75) is 13.3 Å². The normalized spacial score (nSPS) is 31.5. The molecule has 1 rings (SSSR count). The first-order valence-corrected chi connectivity index (χ1v) is 3.90. The van der Waals surface area contributed by atoms with E-state index >= 15 is 0 Å². The standard InChI is InChI=1S/C7H14N2O2/c1-5-4-8-3-2-6(5)7(10)9-11/h5-6,8,11H,2-4H2,1H3,(H,9,10). The zero-order valence-corrected chi connectivity index (χ0v) is 6.63. The molecule has 1 aliphatic rings. The highest BCUT2D eigenvalue weighted by atomic mass is 16.5. The first kappa shape index (κ1) is 8.49. The number of hydrogen-bond donors (Lipinski definition) is 3. The number of amides is 1. The maximum atomic E-state index is 11.0. The van der Waals surface area contributed by atoms with Crippen molar-refractivity contribution < 1.29 is 10.0 Å². The Kier molecular flexibility index (Phi) is 2.84. The lowest BCUT2D eigenvalue weighted by molar-refractivity contribution is -0.135. The van der Waals surface area contributed by atoms with E-state index in [0.29, 0.717) is 5.92 Å². The predicted octanol–water partition coefficient (Wildman–Crippen LogP) is -0.263. The van der Waals surface area contributed by atoms with Crippen molar-refractivity contribution in [1.29, 1.82) is 0 Å². The molecule has 1 amide bonds. The molecular formula is C7H14N2O2. The molecule has 0 aliphatic carbocycles. The first-order valence-electron chi connectivity index (χ1n) is 3.90. The Bertz CT molecular complexity index is 149. The smallest absolute Gasteiger partial charge is 0.246 e. The Morgan fingerprint density at radius 3 is 3.00 bits per heavy atom. The van der Waals surface area contributed by atoms with E-state index in [0.717, 1.165) is 19.5 Å². The molecule has 0 spiro atoms. The molecule has 0 aromatic carbocycles. The van der Waals surface area contributed by atoms with Crippen LogP contribution in [-0.4, -0.2) is 24.2 Å². The van der Waals surface area contributed by atoms with Crippen LogP contribution in [0.15, 0.2) is 0 Å². The van der Waals surface area contributed by atoms with E-state index in [1.165, 1.54) is 0 Å². The summed E-state index contributed by atoms with van der Waals surface area (Å²) in [4.78, 5) is 11.0. The molecule has 4 nitrogen and oxygen atoms in total. The molecule has 64 valence electrons. The maximum absolute atomic E-state index is 11.0. The molecule has 0 aromatic heterocycles. The van der Waals surface area contributed by atoms with Gasteiger partial charge in [-0.1, -0.05) is 6.92 Å². The van der Waals surface area contributed by atoms with E-state index < -0.39 is 0 Å². The van der Waals surface area contributed by atoms with E-state index in [-0.39, 0.29) is 11.8 Å². The molecule has 0 saturated carbocycles. The molecule has 3 N–H and O–H groups in total. The van der Waals surface area contributed by atoms with E-state index in [1.54, 1.807) is 5.48 Å². The zero-order valence-electron chi connectivity index (χ0n) is 6.63. The second kappa shape index (κ2) is 3.69. The number of carbonyl (C=O) groups is 1. The van der Waals surface area contributed by atoms with Crippen molar-refractivity contribution in [2.24, 2.45) is 11.8 Å². The third-order valence-electron chi connectivity index (χ3n) is 2.23. The highest BCUT2D eigenvalue weighted by molar-refractivity contribution is 5.77. The Morgan fingerprint density at radius 2 is 2.45 bits per heavy atom. The predicted molar refractivity (Wildman–Crippen MR) is 40.1 cm³/mol. The van der Waals surface area contributed by atoms with E-state index in [2.05, 4.69) is 5.32 Å². The van der Waals surface area contributed by atoms with Crippen LogP contribution in [0, 0.1) is 11.8 Å². The van der Waals surface area contributed by atoms with Crippen molar-refractivity contribution >= 4 is 5.91 Å². The fraction of sp³-hybridized carbons (Fsp3) is 0.857. The van der Waals surface area contributed by atoms with Crippen LogP contribution in [-0.2, 0) is 4.79 Å². The summed E-state index contributed by atoms with van der Waals surface area (Å²) in [5.74, 6) is 0.0381. The molecule has 4 heteroatoms. The summed E-state index contributed by atoms with van der Waals surface area (Å²) in [5, 5.41) is 11.6. The van der Waals surface area contributed by atoms with Crippen LogP contribution in [0.25, 0.3) is 0 Å². The average molecular weight is 158 g/mol. The van der Waals surface area contributed by atoms with Crippen molar-refractivity contribution in [3.63, 3.8) is 0 Å². The average Bonchev–Trinajstić information content (AvgIpc) is 2.04. The van der Waals surface area contributed by atoms with Crippen LogP contribution < -0.4 is 10.8 Å². The third-order valence-corrected chi connectivity index (χ3v) is 2.23. The van der Waals surface area contributed by atoms with Crippen molar-refractivity contribution in [3.8, 4) is 0 Å². The Balaban J connectivity index is 2.47. The molecular weight excluding hydrogens is 144 g/mol. The van der Waals surface area contributed by atoms with Gasteiger partial charge in [-0.3, -0.25) is 10.0 Å². The van der Waals surface area contributed by atoms with Gasteiger partial charge >= 0.3 is 0 Å². The molecule has 2 atom stereocenters. The van der Waals surface area contributed by atoms with Crippen LogP contribution >= 0.6 is 0 Å². The van der Waals surface area contributed by atoms with Crippen LogP contribution in [0.4, 0.5) is 0 Å². The van der Waals surface area contributed by atoms with Gasteiger partial charge in [0.1, 0.15) is 0 Å². The molecule has 11 heavy (non-hydrogen) atoms. The number of hydrogen-bond acceptors (Lipinski definition) is 3. The summed E-state index contributed by atoms with van der Waals surface area (Å²) in [6.45, 7) is 3.73. The number of rotatable bonds is 1. The molecule has 0 aromatic rings. The number of carbonyl (C=O) groups excluding carboxylic acids is 1. The number of piperidine rings is 1. The quantitative estimate of drug-likeness (QED) is 0.364. The second-order valence-electron chi connectivity index (χ2n) is 3.05. The third kappa shape index (κ3) is 1.91. The summed E-state index contributed by atoms with van der Waals surface area (Å²) < 4.78 is 0. The molecule has 1 fully saturated rings. The SMILES string of the molecule is CC1CNCCC1C(=O)NO. The van der Waals surface area contributed by atoms with Crippen molar-refractivity contribution in [3.05, 3.63) is 0 Å². The summed E-state index contributed by atoms with van der Waals surface area (Å²) in [6.07, 6.45) is 0.813. The minimum absolute atomic E-state index is 0.0266. The van der Waals surface area contributed by atoms with Crippen molar-refractivity contribution in [2.75, 3.05) is 13.1 Å². The van der Waals surface area contributed by atoms with Gasteiger partial charge in [-0.05, 0) is 25.4 Å². The maximum Gasteiger partial charge on any atom is 0.246 e. The molecule has 1 heterocycles. The minimum Gasteiger partial charge on any atom is -0.316 e. The second-order valence-corrected chi connectivity index (χ2v) is 3.05. The van der Waals surface area contributed by atoms with Gasteiger partial charge in [0.05, 0.1) is 0 Å². The summed E-state index contributed by atoms with van der Waals surface area (Å²) in [6, 6.07) is 0. The van der Waals surface area contributed by atoms with Gasteiger partial charge in [-0.2, -0.15) is 0 Å². The topological polar surface area (TPSA) is 61.4 Å². The number of nitrogens with one attached hydrogen (secondary N) is 2. The van der Waals surface area contributed by atoms with Gasteiger partial charge in [-0.25, -0.2) is 5.48 Å².